The minimum absolute atomic E-state index is 0.0355. The molecule has 0 spiro atoms. The van der Waals surface area contributed by atoms with E-state index in [9.17, 15) is 4.79 Å². The maximum Gasteiger partial charge on any atom is 0.210 e. The van der Waals surface area contributed by atoms with Crippen LogP contribution in [0.25, 0.3) is 11.3 Å². The number of nitrogens with zero attached hydrogens (tertiary/aromatic N) is 2. The van der Waals surface area contributed by atoms with Crippen LogP contribution in [0.5, 0.6) is 5.06 Å². The number of rotatable bonds is 4. The average molecular weight is 346 g/mol. The molecule has 1 aliphatic heterocycles. The maximum atomic E-state index is 11.4. The van der Waals surface area contributed by atoms with Gasteiger partial charge in [-0.1, -0.05) is 19.0 Å². The number of aromatic nitrogens is 1. The molecule has 2 aliphatic rings. The summed E-state index contributed by atoms with van der Waals surface area (Å²) in [6.45, 7) is 7.88. The van der Waals surface area contributed by atoms with Crippen molar-refractivity contribution in [3.05, 3.63) is 22.2 Å². The molecule has 24 heavy (non-hydrogen) atoms. The molecule has 1 atom stereocenters. The molecule has 1 unspecified atom stereocenters. The number of ether oxygens (including phenoxy) is 1. The summed E-state index contributed by atoms with van der Waals surface area (Å²) in [7, 11) is 0. The first-order valence-corrected chi connectivity index (χ1v) is 9.33. The Hall–Kier alpha value is -1.82. The molecule has 3 heterocycles. The van der Waals surface area contributed by atoms with Gasteiger partial charge in [-0.15, -0.1) is 11.3 Å². The third-order valence-corrected chi connectivity index (χ3v) is 6.40. The lowest BCUT2D eigenvalue weighted by Crippen LogP contribution is -2.26. The molecule has 0 bridgehead atoms. The van der Waals surface area contributed by atoms with Crippen molar-refractivity contribution in [1.29, 1.82) is 0 Å². The number of hydrogen-bond donors (Lipinski definition) is 0. The largest absolute Gasteiger partial charge is 0.484 e. The molecule has 0 N–H and O–H groups in total. The van der Waals surface area contributed by atoms with Crippen LogP contribution in [0.15, 0.2) is 10.7 Å². The number of fused-ring (bicyclic) bond motifs is 3. The Labute approximate surface area is 145 Å². The van der Waals surface area contributed by atoms with Crippen LogP contribution < -0.4 is 4.74 Å². The Morgan fingerprint density at radius 1 is 1.54 bits per heavy atom. The van der Waals surface area contributed by atoms with Crippen LogP contribution in [0.2, 0.25) is 0 Å². The Morgan fingerprint density at radius 2 is 2.38 bits per heavy atom. The second-order valence-electron chi connectivity index (χ2n) is 7.17. The van der Waals surface area contributed by atoms with Crippen LogP contribution in [0.1, 0.15) is 55.7 Å². The zero-order valence-corrected chi connectivity index (χ0v) is 15.1. The van der Waals surface area contributed by atoms with Gasteiger partial charge in [-0.2, -0.15) is 0 Å². The highest BCUT2D eigenvalue weighted by Gasteiger charge is 2.41. The van der Waals surface area contributed by atoms with Crippen LogP contribution in [0.3, 0.4) is 0 Å². The first-order valence-electron chi connectivity index (χ1n) is 8.51. The van der Waals surface area contributed by atoms with Gasteiger partial charge in [0.15, 0.2) is 10.8 Å². The van der Waals surface area contributed by atoms with Crippen LogP contribution in [-0.2, 0) is 16.6 Å². The van der Waals surface area contributed by atoms with Gasteiger partial charge in [-0.25, -0.2) is 0 Å². The standard InChI is InChI=1S/C18H22N2O3S/c1-4-22-17-14-11(8-18(2,3)12-9-19-23-15(12)14)16(24-17)13-6-5-7-20(13)10-21/h9-10,13H,4-8H2,1-3H3. The Morgan fingerprint density at radius 3 is 3.12 bits per heavy atom. The van der Waals surface area contributed by atoms with Gasteiger partial charge in [0, 0.05) is 17.0 Å². The van der Waals surface area contributed by atoms with Crippen LogP contribution in [-0.4, -0.2) is 29.6 Å². The van der Waals surface area contributed by atoms with E-state index >= 15 is 0 Å². The van der Waals surface area contributed by atoms with E-state index in [0.717, 1.165) is 54.2 Å². The van der Waals surface area contributed by atoms with Gasteiger partial charge in [0.05, 0.1) is 24.4 Å². The van der Waals surface area contributed by atoms with E-state index < -0.39 is 0 Å². The second kappa shape index (κ2) is 5.62. The predicted octanol–water partition coefficient (Wildman–Crippen LogP) is 3.93. The van der Waals surface area contributed by atoms with Crippen molar-refractivity contribution in [2.24, 2.45) is 0 Å². The molecule has 6 heteroatoms. The Kier molecular flexibility index (Phi) is 3.67. The highest BCUT2D eigenvalue weighted by Crippen LogP contribution is 2.54. The predicted molar refractivity (Wildman–Crippen MR) is 92.5 cm³/mol. The van der Waals surface area contributed by atoms with Gasteiger partial charge in [-0.05, 0) is 37.2 Å². The number of hydrogen-bond acceptors (Lipinski definition) is 5. The average Bonchev–Trinajstić information content (AvgIpc) is 3.24. The molecular formula is C18H22N2O3S. The molecule has 1 amide bonds. The molecule has 4 rings (SSSR count). The lowest BCUT2D eigenvalue weighted by Gasteiger charge is -2.30. The van der Waals surface area contributed by atoms with Gasteiger partial charge < -0.3 is 14.2 Å². The van der Waals surface area contributed by atoms with Crippen molar-refractivity contribution in [3.8, 4) is 16.4 Å². The van der Waals surface area contributed by atoms with Crippen molar-refractivity contribution < 1.29 is 14.1 Å². The van der Waals surface area contributed by atoms with Crippen LogP contribution in [0.4, 0.5) is 0 Å². The molecule has 1 aliphatic carbocycles. The first-order chi connectivity index (χ1) is 11.6. The van der Waals surface area contributed by atoms with Gasteiger partial charge in [0.2, 0.25) is 6.41 Å². The summed E-state index contributed by atoms with van der Waals surface area (Å²) in [5, 5.41) is 4.94. The van der Waals surface area contributed by atoms with E-state index in [4.69, 9.17) is 9.26 Å². The van der Waals surface area contributed by atoms with E-state index in [-0.39, 0.29) is 11.5 Å². The van der Waals surface area contributed by atoms with Gasteiger partial charge in [0.1, 0.15) is 0 Å². The maximum absolute atomic E-state index is 11.4. The van der Waals surface area contributed by atoms with Crippen LogP contribution >= 0.6 is 11.3 Å². The van der Waals surface area contributed by atoms with E-state index in [1.165, 1.54) is 10.4 Å². The summed E-state index contributed by atoms with van der Waals surface area (Å²) in [5.41, 5.74) is 3.43. The molecule has 128 valence electrons. The summed E-state index contributed by atoms with van der Waals surface area (Å²) >= 11 is 1.67. The summed E-state index contributed by atoms with van der Waals surface area (Å²) in [6.07, 6.45) is 5.80. The zero-order valence-electron chi connectivity index (χ0n) is 14.3. The number of thiophene rings is 1. The first kappa shape index (κ1) is 15.7. The van der Waals surface area contributed by atoms with Gasteiger partial charge >= 0.3 is 0 Å². The van der Waals surface area contributed by atoms with E-state index in [0.29, 0.717) is 6.61 Å². The molecular weight excluding hydrogens is 324 g/mol. The number of carbonyl (C=O) groups excluding carboxylic acids is 1. The van der Waals surface area contributed by atoms with Gasteiger partial charge in [-0.3, -0.25) is 4.79 Å². The number of amides is 1. The number of carbonyl (C=O) groups is 1. The van der Waals surface area contributed by atoms with Crippen molar-refractivity contribution in [1.82, 2.24) is 10.1 Å². The highest BCUT2D eigenvalue weighted by atomic mass is 32.1. The summed E-state index contributed by atoms with van der Waals surface area (Å²) in [6, 6.07) is 0.163. The second-order valence-corrected chi connectivity index (χ2v) is 8.19. The molecule has 0 radical (unpaired) electrons. The van der Waals surface area contributed by atoms with Crippen molar-refractivity contribution in [3.63, 3.8) is 0 Å². The summed E-state index contributed by atoms with van der Waals surface area (Å²) in [5.74, 6) is 0.836. The normalized spacial score (nSPS) is 21.5. The lowest BCUT2D eigenvalue weighted by molar-refractivity contribution is -0.118. The molecule has 1 fully saturated rings. The van der Waals surface area contributed by atoms with Crippen molar-refractivity contribution >= 4 is 17.7 Å². The van der Waals surface area contributed by atoms with Crippen molar-refractivity contribution in [2.75, 3.05) is 13.2 Å². The molecule has 2 aromatic heterocycles. The molecule has 5 nitrogen and oxygen atoms in total. The summed E-state index contributed by atoms with van der Waals surface area (Å²) < 4.78 is 11.6. The number of likely N-dealkylation sites (tertiary alicyclic amines) is 1. The highest BCUT2D eigenvalue weighted by molar-refractivity contribution is 7.14. The zero-order chi connectivity index (χ0) is 16.9. The minimum Gasteiger partial charge on any atom is -0.484 e. The molecule has 0 saturated carbocycles. The lowest BCUT2D eigenvalue weighted by atomic mass is 9.73. The molecule has 0 aromatic carbocycles. The third-order valence-electron chi connectivity index (χ3n) is 5.16. The fraction of sp³-hybridized carbons (Fsp3) is 0.556. The quantitative estimate of drug-likeness (QED) is 0.787. The van der Waals surface area contributed by atoms with E-state index in [2.05, 4.69) is 19.0 Å². The Balaban J connectivity index is 1.90. The SMILES string of the molecule is CCOc1sc(C2CCCN2C=O)c2c1-c1oncc1C(C)(C)C2. The smallest absolute Gasteiger partial charge is 0.210 e. The molecule has 1 saturated heterocycles. The molecule has 2 aromatic rings. The minimum atomic E-state index is -0.0355. The van der Waals surface area contributed by atoms with E-state index in [1.54, 1.807) is 11.3 Å². The van der Waals surface area contributed by atoms with Gasteiger partial charge in [0.25, 0.3) is 0 Å². The monoisotopic (exact) mass is 346 g/mol. The van der Waals surface area contributed by atoms with Crippen molar-refractivity contribution in [2.45, 2.75) is 51.5 Å². The van der Waals surface area contributed by atoms with E-state index in [1.807, 2.05) is 18.0 Å². The topological polar surface area (TPSA) is 55.6 Å². The Bertz CT molecular complexity index is 777. The fourth-order valence-electron chi connectivity index (χ4n) is 4.00. The van der Waals surface area contributed by atoms with Crippen LogP contribution in [0, 0.1) is 0 Å². The third kappa shape index (κ3) is 2.19. The fourth-order valence-corrected chi connectivity index (χ4v) is 5.38. The summed E-state index contributed by atoms with van der Waals surface area (Å²) in [4.78, 5) is 14.6.